The minimum atomic E-state index is 0.895. The maximum absolute atomic E-state index is 7.08. The fourth-order valence-corrected chi connectivity index (χ4v) is 6.90. The van der Waals surface area contributed by atoms with Gasteiger partial charge in [0.05, 0.1) is 16.8 Å². The van der Waals surface area contributed by atoms with Crippen molar-refractivity contribution in [3.8, 4) is 11.1 Å². The Balaban J connectivity index is 1.50. The van der Waals surface area contributed by atoms with Gasteiger partial charge in [0.15, 0.2) is 0 Å². The molecule has 0 saturated heterocycles. The van der Waals surface area contributed by atoms with Crippen molar-refractivity contribution in [1.82, 2.24) is 0 Å². The highest BCUT2D eigenvalue weighted by Crippen LogP contribution is 2.50. The van der Waals surface area contributed by atoms with Crippen molar-refractivity contribution < 1.29 is 4.42 Å². The molecule has 0 aliphatic carbocycles. The summed E-state index contributed by atoms with van der Waals surface area (Å²) >= 11 is 0. The highest BCUT2D eigenvalue weighted by molar-refractivity contribution is 6.33. The lowest BCUT2D eigenvalue weighted by Crippen LogP contribution is -2.11. The molecule has 9 aromatic rings. The van der Waals surface area contributed by atoms with Crippen LogP contribution in [0.5, 0.6) is 0 Å². The van der Waals surface area contributed by atoms with Gasteiger partial charge >= 0.3 is 0 Å². The molecule has 206 valence electrons. The molecule has 0 spiro atoms. The first-order valence-electron chi connectivity index (χ1n) is 15.0. The summed E-state index contributed by atoms with van der Waals surface area (Å²) in [6, 6.07) is 58.3. The predicted octanol–water partition coefficient (Wildman–Crippen LogP) is 12.2. The van der Waals surface area contributed by atoms with E-state index in [0.29, 0.717) is 0 Å². The molecule has 2 nitrogen and oxygen atoms in total. The van der Waals surface area contributed by atoms with Gasteiger partial charge in [0, 0.05) is 27.4 Å². The van der Waals surface area contributed by atoms with Gasteiger partial charge in [-0.15, -0.1) is 0 Å². The van der Waals surface area contributed by atoms with Crippen LogP contribution in [-0.2, 0) is 0 Å². The first-order chi connectivity index (χ1) is 21.9. The number of furan rings is 1. The van der Waals surface area contributed by atoms with Gasteiger partial charge in [-0.25, -0.2) is 0 Å². The van der Waals surface area contributed by atoms with Gasteiger partial charge in [-0.05, 0) is 57.4 Å². The number of nitrogens with zero attached hydrogens (tertiary/aromatic N) is 1. The van der Waals surface area contributed by atoms with E-state index in [9.17, 15) is 0 Å². The zero-order valence-corrected chi connectivity index (χ0v) is 23.9. The van der Waals surface area contributed by atoms with E-state index < -0.39 is 0 Å². The Kier molecular flexibility index (Phi) is 5.54. The van der Waals surface area contributed by atoms with Crippen LogP contribution >= 0.6 is 0 Å². The van der Waals surface area contributed by atoms with Crippen molar-refractivity contribution >= 4 is 71.3 Å². The second kappa shape index (κ2) is 9.86. The summed E-state index contributed by atoms with van der Waals surface area (Å²) in [6.45, 7) is 0. The van der Waals surface area contributed by atoms with Crippen LogP contribution in [0.15, 0.2) is 168 Å². The summed E-state index contributed by atoms with van der Waals surface area (Å²) in [7, 11) is 0. The molecule has 1 aromatic heterocycles. The van der Waals surface area contributed by atoms with E-state index in [-0.39, 0.29) is 0 Å². The van der Waals surface area contributed by atoms with Crippen LogP contribution in [0.2, 0.25) is 0 Å². The van der Waals surface area contributed by atoms with Gasteiger partial charge in [0.25, 0.3) is 0 Å². The lowest BCUT2D eigenvalue weighted by molar-refractivity contribution is 0.674. The van der Waals surface area contributed by atoms with Gasteiger partial charge in [0.1, 0.15) is 11.2 Å². The van der Waals surface area contributed by atoms with Crippen molar-refractivity contribution in [3.05, 3.63) is 164 Å². The quantitative estimate of drug-likeness (QED) is 0.199. The van der Waals surface area contributed by atoms with Gasteiger partial charge < -0.3 is 9.32 Å². The standard InChI is InChI=1S/C42H27NO/c1-3-14-29(15-4-1)32-26-27-38(43(30-18-5-2-6-19-30)37-25-13-17-28-16-7-8-20-31(28)37)40-39-35-23-11-9-21-33(35)34-22-10-12-24-36(34)42(39)44-41(32)40/h1-27H. The molecule has 0 amide bonds. The third kappa shape index (κ3) is 3.68. The maximum Gasteiger partial charge on any atom is 0.145 e. The maximum atomic E-state index is 7.08. The van der Waals surface area contributed by atoms with Crippen LogP contribution in [0.1, 0.15) is 0 Å². The Hall–Kier alpha value is -5.86. The number of para-hydroxylation sites is 1. The van der Waals surface area contributed by atoms with Crippen LogP contribution in [-0.4, -0.2) is 0 Å². The molecular weight excluding hydrogens is 534 g/mol. The summed E-state index contributed by atoms with van der Waals surface area (Å²) < 4.78 is 7.08. The molecule has 2 heteroatoms. The van der Waals surface area contributed by atoms with Crippen molar-refractivity contribution in [2.75, 3.05) is 4.90 Å². The fourth-order valence-electron chi connectivity index (χ4n) is 6.90. The lowest BCUT2D eigenvalue weighted by Gasteiger charge is -2.28. The monoisotopic (exact) mass is 561 g/mol. The highest BCUT2D eigenvalue weighted by atomic mass is 16.3. The summed E-state index contributed by atoms with van der Waals surface area (Å²) in [5.74, 6) is 0. The molecule has 8 aromatic carbocycles. The van der Waals surface area contributed by atoms with Crippen molar-refractivity contribution in [2.24, 2.45) is 0 Å². The number of benzene rings is 8. The molecule has 0 atom stereocenters. The largest absolute Gasteiger partial charge is 0.455 e. The molecule has 0 fully saturated rings. The number of anilines is 3. The minimum absolute atomic E-state index is 0.895. The molecule has 0 aliphatic heterocycles. The number of hydrogen-bond acceptors (Lipinski definition) is 2. The van der Waals surface area contributed by atoms with Crippen molar-refractivity contribution in [1.29, 1.82) is 0 Å². The average Bonchev–Trinajstić information content (AvgIpc) is 3.51. The molecule has 0 bridgehead atoms. The normalized spacial score (nSPS) is 11.6. The van der Waals surface area contributed by atoms with E-state index in [0.717, 1.165) is 55.5 Å². The summed E-state index contributed by atoms with van der Waals surface area (Å²) in [5.41, 5.74) is 7.34. The molecular formula is C42H27NO. The van der Waals surface area contributed by atoms with Gasteiger partial charge in [0.2, 0.25) is 0 Å². The molecule has 1 heterocycles. The summed E-state index contributed by atoms with van der Waals surface area (Å²) in [4.78, 5) is 2.40. The van der Waals surface area contributed by atoms with Crippen LogP contribution in [0, 0.1) is 0 Å². The van der Waals surface area contributed by atoms with Crippen molar-refractivity contribution in [2.45, 2.75) is 0 Å². The third-order valence-corrected chi connectivity index (χ3v) is 8.82. The Morgan fingerprint density at radius 3 is 1.73 bits per heavy atom. The Bertz CT molecular complexity index is 2490. The predicted molar refractivity (Wildman–Crippen MR) is 186 cm³/mol. The van der Waals surface area contributed by atoms with E-state index in [1.807, 2.05) is 0 Å². The zero-order chi connectivity index (χ0) is 29.0. The second-order valence-electron chi connectivity index (χ2n) is 11.3. The first kappa shape index (κ1) is 24.7. The number of fused-ring (bicyclic) bond motifs is 9. The van der Waals surface area contributed by atoms with E-state index >= 15 is 0 Å². The van der Waals surface area contributed by atoms with Gasteiger partial charge in [-0.3, -0.25) is 0 Å². The average molecular weight is 562 g/mol. The molecule has 9 rings (SSSR count). The molecule has 0 radical (unpaired) electrons. The molecule has 0 N–H and O–H groups in total. The molecule has 0 unspecified atom stereocenters. The van der Waals surface area contributed by atoms with Crippen LogP contribution in [0.3, 0.4) is 0 Å². The van der Waals surface area contributed by atoms with E-state index in [2.05, 4.69) is 169 Å². The van der Waals surface area contributed by atoms with Crippen LogP contribution < -0.4 is 4.90 Å². The molecule has 44 heavy (non-hydrogen) atoms. The van der Waals surface area contributed by atoms with Crippen LogP contribution in [0.4, 0.5) is 17.1 Å². The molecule has 0 saturated carbocycles. The first-order valence-corrected chi connectivity index (χ1v) is 15.0. The summed E-state index contributed by atoms with van der Waals surface area (Å²) in [5, 5.41) is 9.40. The topological polar surface area (TPSA) is 16.4 Å². The van der Waals surface area contributed by atoms with Gasteiger partial charge in [-0.1, -0.05) is 133 Å². The van der Waals surface area contributed by atoms with E-state index in [1.165, 1.54) is 26.9 Å². The van der Waals surface area contributed by atoms with E-state index in [1.54, 1.807) is 0 Å². The Labute approximate surface area is 255 Å². The highest BCUT2D eigenvalue weighted by Gasteiger charge is 2.25. The number of rotatable bonds is 4. The second-order valence-corrected chi connectivity index (χ2v) is 11.3. The lowest BCUT2D eigenvalue weighted by atomic mass is 9.94. The van der Waals surface area contributed by atoms with Gasteiger partial charge in [-0.2, -0.15) is 0 Å². The molecule has 0 aliphatic rings. The van der Waals surface area contributed by atoms with Crippen molar-refractivity contribution in [3.63, 3.8) is 0 Å². The SMILES string of the molecule is c1ccc(-c2ccc(N(c3ccccc3)c3cccc4ccccc34)c3c2oc2c4ccccc4c4ccccc4c23)cc1. The third-order valence-electron chi connectivity index (χ3n) is 8.82. The fraction of sp³-hybridized carbons (Fsp3) is 0. The van der Waals surface area contributed by atoms with E-state index in [4.69, 9.17) is 4.42 Å². The Morgan fingerprint density at radius 2 is 0.955 bits per heavy atom. The zero-order valence-electron chi connectivity index (χ0n) is 23.9. The Morgan fingerprint density at radius 1 is 0.364 bits per heavy atom. The smallest absolute Gasteiger partial charge is 0.145 e. The minimum Gasteiger partial charge on any atom is -0.455 e. The number of hydrogen-bond donors (Lipinski definition) is 0. The summed E-state index contributed by atoms with van der Waals surface area (Å²) in [6.07, 6.45) is 0. The van der Waals surface area contributed by atoms with Crippen LogP contribution in [0.25, 0.3) is 65.4 Å².